The number of aliphatic imine (C=N–C) groups is 1. The highest BCUT2D eigenvalue weighted by molar-refractivity contribution is 6.00. The molecular weight excluding hydrogens is 510 g/mol. The lowest BCUT2D eigenvalue weighted by molar-refractivity contribution is -0.127. The molecule has 0 aromatic heterocycles. The largest absolute Gasteiger partial charge is 0.455 e. The van der Waals surface area contributed by atoms with Crippen LogP contribution in [0.4, 0.5) is 5.69 Å². The first-order valence-corrected chi connectivity index (χ1v) is 13.7. The molecule has 0 unspecified atom stereocenters. The van der Waals surface area contributed by atoms with E-state index in [-0.39, 0.29) is 17.3 Å². The van der Waals surface area contributed by atoms with Gasteiger partial charge in [-0.3, -0.25) is 19.4 Å². The summed E-state index contributed by atoms with van der Waals surface area (Å²) in [5.41, 5.74) is 23.9. The quantitative estimate of drug-likeness (QED) is 0.125. The molecule has 10 N–H and O–H groups in total. The molecule has 3 amide bonds. The molecule has 216 valence electrons. The number of carbonyl (C=O) groups is 3. The van der Waals surface area contributed by atoms with Crippen molar-refractivity contribution < 1.29 is 19.1 Å². The number of aryl methyl sites for hydroxylation is 1. The number of anilines is 1. The molecule has 1 saturated carbocycles. The van der Waals surface area contributed by atoms with Gasteiger partial charge in [0.05, 0.1) is 11.7 Å². The van der Waals surface area contributed by atoms with Crippen molar-refractivity contribution >= 4 is 29.4 Å². The highest BCUT2D eigenvalue weighted by Crippen LogP contribution is 2.32. The number of primary amides is 1. The summed E-state index contributed by atoms with van der Waals surface area (Å²) >= 11 is 0. The molecule has 2 aromatic carbocycles. The first kappa shape index (κ1) is 30.4. The Balaban J connectivity index is 1.78. The van der Waals surface area contributed by atoms with E-state index in [1.54, 1.807) is 12.1 Å². The van der Waals surface area contributed by atoms with Crippen molar-refractivity contribution in [2.24, 2.45) is 33.8 Å². The summed E-state index contributed by atoms with van der Waals surface area (Å²) in [6.45, 7) is 2.29. The fourth-order valence-corrected chi connectivity index (χ4v) is 4.81. The lowest BCUT2D eigenvalue weighted by atomic mass is 9.84. The van der Waals surface area contributed by atoms with Gasteiger partial charge in [0.2, 0.25) is 17.7 Å². The average molecular weight is 552 g/mol. The van der Waals surface area contributed by atoms with Crippen LogP contribution < -0.4 is 38.3 Å². The lowest BCUT2D eigenvalue weighted by Crippen LogP contribution is -2.50. The maximum atomic E-state index is 13.6. The van der Waals surface area contributed by atoms with Crippen molar-refractivity contribution in [2.75, 3.05) is 11.9 Å². The van der Waals surface area contributed by atoms with Crippen molar-refractivity contribution in [2.45, 2.75) is 70.4 Å². The normalized spacial score (nSPS) is 14.9. The minimum atomic E-state index is -0.814. The van der Waals surface area contributed by atoms with E-state index in [1.807, 2.05) is 25.1 Å². The van der Waals surface area contributed by atoms with E-state index in [4.69, 9.17) is 27.7 Å². The van der Waals surface area contributed by atoms with Gasteiger partial charge in [-0.05, 0) is 68.0 Å². The Morgan fingerprint density at radius 2 is 1.77 bits per heavy atom. The van der Waals surface area contributed by atoms with Gasteiger partial charge in [-0.15, -0.1) is 0 Å². The van der Waals surface area contributed by atoms with Crippen molar-refractivity contribution in [1.82, 2.24) is 5.32 Å². The van der Waals surface area contributed by atoms with E-state index in [1.165, 1.54) is 18.6 Å². The van der Waals surface area contributed by atoms with Gasteiger partial charge in [0.25, 0.3) is 0 Å². The first-order chi connectivity index (χ1) is 19.1. The van der Waals surface area contributed by atoms with Crippen molar-refractivity contribution in [3.05, 3.63) is 53.6 Å². The van der Waals surface area contributed by atoms with Gasteiger partial charge in [0, 0.05) is 12.1 Å². The van der Waals surface area contributed by atoms with Crippen LogP contribution in [0.2, 0.25) is 0 Å². The zero-order valence-electron chi connectivity index (χ0n) is 23.0. The van der Waals surface area contributed by atoms with E-state index in [9.17, 15) is 14.4 Å². The van der Waals surface area contributed by atoms with Gasteiger partial charge in [0.1, 0.15) is 11.8 Å². The number of nitrogens with one attached hydrogen (secondary N) is 2. The van der Waals surface area contributed by atoms with E-state index in [2.05, 4.69) is 15.6 Å². The van der Waals surface area contributed by atoms with Crippen molar-refractivity contribution in [3.8, 4) is 11.5 Å². The van der Waals surface area contributed by atoms with Crippen molar-refractivity contribution in [1.29, 1.82) is 0 Å². The number of benzene rings is 2. The molecule has 0 aliphatic heterocycles. The molecule has 0 spiro atoms. The maximum Gasteiger partial charge on any atom is 0.248 e. The fourth-order valence-electron chi connectivity index (χ4n) is 4.81. The number of hydrogen-bond acceptors (Lipinski definition) is 6. The van der Waals surface area contributed by atoms with E-state index >= 15 is 0 Å². The Kier molecular flexibility index (Phi) is 11.3. The number of nitrogens with zero attached hydrogens (tertiary/aromatic N) is 1. The highest BCUT2D eigenvalue weighted by atomic mass is 16.5. The fraction of sp³-hybridized carbons (Fsp3) is 0.448. The van der Waals surface area contributed by atoms with Gasteiger partial charge < -0.3 is 38.3 Å². The molecule has 0 saturated heterocycles. The van der Waals surface area contributed by atoms with E-state index < -0.39 is 29.8 Å². The molecule has 2 atom stereocenters. The molecule has 11 nitrogen and oxygen atoms in total. The predicted octanol–water partition coefficient (Wildman–Crippen LogP) is 2.66. The highest BCUT2D eigenvalue weighted by Gasteiger charge is 2.28. The molecular formula is C29H41N7O4. The number of rotatable bonds is 13. The molecule has 1 aliphatic carbocycles. The van der Waals surface area contributed by atoms with Crippen LogP contribution in [-0.2, 0) is 9.59 Å². The third-order valence-corrected chi connectivity index (χ3v) is 6.97. The van der Waals surface area contributed by atoms with Crippen LogP contribution in [0.5, 0.6) is 11.5 Å². The van der Waals surface area contributed by atoms with Crippen LogP contribution in [0.1, 0.15) is 67.3 Å². The molecule has 11 heteroatoms. The van der Waals surface area contributed by atoms with Gasteiger partial charge in [-0.25, -0.2) is 0 Å². The Labute approximate surface area is 235 Å². The number of carbonyl (C=O) groups excluding carboxylic acids is 3. The summed E-state index contributed by atoms with van der Waals surface area (Å²) in [6, 6.07) is 10.3. The molecule has 40 heavy (non-hydrogen) atoms. The summed E-state index contributed by atoms with van der Waals surface area (Å²) in [5, 5.41) is 5.76. The summed E-state index contributed by atoms with van der Waals surface area (Å²) < 4.78 is 6.04. The smallest absolute Gasteiger partial charge is 0.248 e. The minimum absolute atomic E-state index is 0.0168. The summed E-state index contributed by atoms with van der Waals surface area (Å²) in [4.78, 5) is 42.3. The Morgan fingerprint density at radius 3 is 2.45 bits per heavy atom. The Hall–Kier alpha value is -4.12. The summed E-state index contributed by atoms with van der Waals surface area (Å²) in [5.74, 6) is -0.345. The van der Waals surface area contributed by atoms with Gasteiger partial charge in [0.15, 0.2) is 11.7 Å². The molecule has 0 bridgehead atoms. The number of guanidine groups is 1. The van der Waals surface area contributed by atoms with Crippen LogP contribution in [-0.4, -0.2) is 42.3 Å². The predicted molar refractivity (Wildman–Crippen MR) is 156 cm³/mol. The second-order valence-electron chi connectivity index (χ2n) is 10.3. The monoisotopic (exact) mass is 551 g/mol. The van der Waals surface area contributed by atoms with E-state index in [0.29, 0.717) is 43.2 Å². The SMILES string of the molecule is Cc1cccc(Oc2cc(C(N)=O)ccc2NC(=O)[C@H](CC2CCCCC2)NC(=O)[C@@H](N)CCCN=C(N)N)c1. The third kappa shape index (κ3) is 9.57. The molecule has 0 radical (unpaired) electrons. The van der Waals surface area contributed by atoms with E-state index in [0.717, 1.165) is 31.2 Å². The molecule has 2 aromatic rings. The molecule has 3 rings (SSSR count). The number of amides is 3. The summed E-state index contributed by atoms with van der Waals surface area (Å²) in [7, 11) is 0. The van der Waals surface area contributed by atoms with Crippen molar-refractivity contribution in [3.63, 3.8) is 0 Å². The average Bonchev–Trinajstić information content (AvgIpc) is 2.91. The lowest BCUT2D eigenvalue weighted by Gasteiger charge is -2.27. The number of ether oxygens (including phenoxy) is 1. The second kappa shape index (κ2) is 14.9. The van der Waals surface area contributed by atoms with Crippen LogP contribution in [0.25, 0.3) is 0 Å². The van der Waals surface area contributed by atoms with Crippen LogP contribution in [0, 0.1) is 12.8 Å². The van der Waals surface area contributed by atoms with Crippen LogP contribution >= 0.6 is 0 Å². The maximum absolute atomic E-state index is 13.6. The zero-order chi connectivity index (χ0) is 29.1. The van der Waals surface area contributed by atoms with Crippen LogP contribution in [0.15, 0.2) is 47.5 Å². The van der Waals surface area contributed by atoms with Gasteiger partial charge in [-0.1, -0.05) is 44.2 Å². The zero-order valence-corrected chi connectivity index (χ0v) is 23.0. The number of nitrogens with two attached hydrogens (primary N) is 4. The number of hydrogen-bond donors (Lipinski definition) is 6. The standard InChI is InChI=1S/C29H41N7O4/c1-18-7-5-10-21(15-18)40-25-17-20(26(31)37)12-13-23(25)35-28(39)24(16-19-8-3-2-4-9-19)36-27(38)22(30)11-6-14-34-29(32)33/h5,7,10,12-13,15,17,19,22,24H,2-4,6,8-9,11,14,16,30H2,1H3,(H2,31,37)(H,35,39)(H,36,38)(H4,32,33,34)/t22-,24-/m0/s1. The first-order valence-electron chi connectivity index (χ1n) is 13.7. The second-order valence-corrected chi connectivity index (χ2v) is 10.3. The van der Waals surface area contributed by atoms with Gasteiger partial charge in [-0.2, -0.15) is 0 Å². The summed E-state index contributed by atoms with van der Waals surface area (Å²) in [6.07, 6.45) is 6.75. The molecule has 1 aliphatic rings. The van der Waals surface area contributed by atoms with Gasteiger partial charge >= 0.3 is 0 Å². The molecule has 0 heterocycles. The topological polar surface area (TPSA) is 201 Å². The Morgan fingerprint density at radius 1 is 1.02 bits per heavy atom. The Bertz CT molecular complexity index is 1210. The minimum Gasteiger partial charge on any atom is -0.455 e. The van der Waals surface area contributed by atoms with Crippen LogP contribution in [0.3, 0.4) is 0 Å². The molecule has 1 fully saturated rings. The third-order valence-electron chi connectivity index (χ3n) is 6.97.